The summed E-state index contributed by atoms with van der Waals surface area (Å²) in [6.07, 6.45) is 5.56. The maximum atomic E-state index is 12.2. The molecule has 3 nitrogen and oxygen atoms in total. The first-order chi connectivity index (χ1) is 8.67. The topological polar surface area (TPSA) is 29.5 Å². The summed E-state index contributed by atoms with van der Waals surface area (Å²) < 4.78 is 5.58. The van der Waals surface area contributed by atoms with Crippen molar-refractivity contribution < 1.29 is 9.53 Å². The van der Waals surface area contributed by atoms with Gasteiger partial charge in [-0.2, -0.15) is 0 Å². The van der Waals surface area contributed by atoms with Gasteiger partial charge in [0.15, 0.2) is 0 Å². The lowest BCUT2D eigenvalue weighted by atomic mass is 10.1. The normalized spacial score (nSPS) is 12.4. The van der Waals surface area contributed by atoms with Gasteiger partial charge in [-0.25, -0.2) is 0 Å². The second-order valence-corrected chi connectivity index (χ2v) is 5.01. The van der Waals surface area contributed by atoms with Crippen LogP contribution in [-0.2, 0) is 9.53 Å². The smallest absolute Gasteiger partial charge is 0.227 e. The molecule has 0 rings (SSSR count). The minimum absolute atomic E-state index is 0.00951. The van der Waals surface area contributed by atoms with Gasteiger partial charge >= 0.3 is 0 Å². The molecule has 0 fully saturated rings. The maximum Gasteiger partial charge on any atom is 0.227 e. The maximum absolute atomic E-state index is 12.2. The highest BCUT2D eigenvalue weighted by atomic mass is 16.5. The van der Waals surface area contributed by atoms with Crippen LogP contribution < -0.4 is 0 Å². The number of hydrogen-bond donors (Lipinski definition) is 0. The lowest BCUT2D eigenvalue weighted by molar-refractivity contribution is -0.137. The lowest BCUT2D eigenvalue weighted by Crippen LogP contribution is -2.38. The van der Waals surface area contributed by atoms with Crippen LogP contribution >= 0.6 is 0 Å². The van der Waals surface area contributed by atoms with Crippen molar-refractivity contribution in [2.24, 2.45) is 5.92 Å². The zero-order chi connectivity index (χ0) is 13.8. The Hall–Kier alpha value is -0.570. The number of carbonyl (C=O) groups excluding carboxylic acids is 1. The van der Waals surface area contributed by atoms with Crippen LogP contribution in [0.3, 0.4) is 0 Å². The first-order valence-electron chi connectivity index (χ1n) is 7.53. The molecule has 0 spiro atoms. The summed E-state index contributed by atoms with van der Waals surface area (Å²) >= 11 is 0. The fourth-order valence-corrected chi connectivity index (χ4v) is 1.97. The monoisotopic (exact) mass is 257 g/mol. The Morgan fingerprint density at radius 1 is 1.06 bits per heavy atom. The Bertz CT molecular complexity index is 201. The van der Waals surface area contributed by atoms with E-state index >= 15 is 0 Å². The van der Waals surface area contributed by atoms with Crippen molar-refractivity contribution in [2.75, 3.05) is 26.3 Å². The molecule has 0 aromatic heterocycles. The second-order valence-electron chi connectivity index (χ2n) is 5.01. The SMILES string of the molecule is CCCCCOCC(C)C(=O)N(CCC)CCC. The van der Waals surface area contributed by atoms with Gasteiger partial charge in [-0.15, -0.1) is 0 Å². The van der Waals surface area contributed by atoms with E-state index in [0.29, 0.717) is 6.61 Å². The highest BCUT2D eigenvalue weighted by Gasteiger charge is 2.19. The molecular weight excluding hydrogens is 226 g/mol. The van der Waals surface area contributed by atoms with Crippen LogP contribution in [0.4, 0.5) is 0 Å². The van der Waals surface area contributed by atoms with Gasteiger partial charge in [0.05, 0.1) is 12.5 Å². The van der Waals surface area contributed by atoms with Gasteiger partial charge in [0.1, 0.15) is 0 Å². The van der Waals surface area contributed by atoms with E-state index in [0.717, 1.165) is 39.0 Å². The third-order valence-corrected chi connectivity index (χ3v) is 2.98. The molecule has 0 bridgehead atoms. The number of amides is 1. The predicted molar refractivity (Wildman–Crippen MR) is 76.7 cm³/mol. The summed E-state index contributed by atoms with van der Waals surface area (Å²) in [5.41, 5.74) is 0. The molecule has 0 saturated heterocycles. The van der Waals surface area contributed by atoms with Gasteiger partial charge in [-0.1, -0.05) is 40.5 Å². The molecule has 108 valence electrons. The third kappa shape index (κ3) is 7.70. The van der Waals surface area contributed by atoms with E-state index in [2.05, 4.69) is 20.8 Å². The summed E-state index contributed by atoms with van der Waals surface area (Å²) in [5, 5.41) is 0. The molecule has 0 aliphatic carbocycles. The quantitative estimate of drug-likeness (QED) is 0.530. The molecule has 3 heteroatoms. The van der Waals surface area contributed by atoms with E-state index in [1.165, 1.54) is 12.8 Å². The predicted octanol–water partition coefficient (Wildman–Crippen LogP) is 3.48. The number of nitrogens with zero attached hydrogens (tertiary/aromatic N) is 1. The number of ether oxygens (including phenoxy) is 1. The zero-order valence-corrected chi connectivity index (χ0v) is 12.7. The first kappa shape index (κ1) is 17.4. The fraction of sp³-hybridized carbons (Fsp3) is 0.933. The molecule has 0 saturated carbocycles. The van der Waals surface area contributed by atoms with Crippen molar-refractivity contribution >= 4 is 5.91 Å². The van der Waals surface area contributed by atoms with Crippen LogP contribution in [0.1, 0.15) is 59.8 Å². The van der Waals surface area contributed by atoms with Crippen molar-refractivity contribution in [3.8, 4) is 0 Å². The Labute approximate surface area is 113 Å². The van der Waals surface area contributed by atoms with Gasteiger partial charge in [-0.05, 0) is 19.3 Å². The standard InChI is InChI=1S/C15H31NO2/c1-5-8-9-12-18-13-14(4)15(17)16(10-6-2)11-7-3/h14H,5-13H2,1-4H3. The van der Waals surface area contributed by atoms with Crippen molar-refractivity contribution in [1.29, 1.82) is 0 Å². The molecule has 0 aromatic rings. The fourth-order valence-electron chi connectivity index (χ4n) is 1.97. The molecule has 0 radical (unpaired) electrons. The number of rotatable bonds is 11. The average Bonchev–Trinajstić information content (AvgIpc) is 2.37. The molecular formula is C15H31NO2. The minimum atomic E-state index is -0.00951. The highest BCUT2D eigenvalue weighted by molar-refractivity contribution is 5.78. The number of unbranched alkanes of at least 4 members (excludes halogenated alkanes) is 2. The molecule has 0 aromatic carbocycles. The zero-order valence-electron chi connectivity index (χ0n) is 12.7. The summed E-state index contributed by atoms with van der Waals surface area (Å²) in [6.45, 7) is 11.5. The van der Waals surface area contributed by atoms with Crippen molar-refractivity contribution in [3.63, 3.8) is 0 Å². The van der Waals surface area contributed by atoms with Crippen molar-refractivity contribution in [3.05, 3.63) is 0 Å². The van der Waals surface area contributed by atoms with Crippen LogP contribution in [0.2, 0.25) is 0 Å². The molecule has 0 N–H and O–H groups in total. The number of carbonyl (C=O) groups is 1. The Morgan fingerprint density at radius 2 is 1.67 bits per heavy atom. The van der Waals surface area contributed by atoms with E-state index in [1.807, 2.05) is 11.8 Å². The summed E-state index contributed by atoms with van der Waals surface area (Å²) in [5.74, 6) is 0.235. The second kappa shape index (κ2) is 11.5. The van der Waals surface area contributed by atoms with E-state index in [4.69, 9.17) is 4.74 Å². The molecule has 0 aliphatic rings. The van der Waals surface area contributed by atoms with Gasteiger partial charge < -0.3 is 9.64 Å². The van der Waals surface area contributed by atoms with Gasteiger partial charge in [0.2, 0.25) is 5.91 Å². The first-order valence-corrected chi connectivity index (χ1v) is 7.53. The van der Waals surface area contributed by atoms with E-state index in [-0.39, 0.29) is 11.8 Å². The molecule has 0 aliphatic heterocycles. The molecule has 1 unspecified atom stereocenters. The average molecular weight is 257 g/mol. The summed E-state index contributed by atoms with van der Waals surface area (Å²) in [7, 11) is 0. The van der Waals surface area contributed by atoms with Crippen molar-refractivity contribution in [2.45, 2.75) is 59.8 Å². The van der Waals surface area contributed by atoms with Crippen LogP contribution in [0.15, 0.2) is 0 Å². The minimum Gasteiger partial charge on any atom is -0.381 e. The number of hydrogen-bond acceptors (Lipinski definition) is 2. The molecule has 0 heterocycles. The van der Waals surface area contributed by atoms with Crippen LogP contribution in [0.5, 0.6) is 0 Å². The van der Waals surface area contributed by atoms with Gasteiger partial charge in [0, 0.05) is 19.7 Å². The Kier molecular flexibility index (Phi) is 11.2. The van der Waals surface area contributed by atoms with E-state index in [1.54, 1.807) is 0 Å². The molecule has 1 amide bonds. The summed E-state index contributed by atoms with van der Waals surface area (Å²) in [6, 6.07) is 0. The third-order valence-electron chi connectivity index (χ3n) is 2.98. The largest absolute Gasteiger partial charge is 0.381 e. The summed E-state index contributed by atoms with van der Waals surface area (Å²) in [4.78, 5) is 14.2. The molecule has 18 heavy (non-hydrogen) atoms. The highest BCUT2D eigenvalue weighted by Crippen LogP contribution is 2.06. The molecule has 1 atom stereocenters. The van der Waals surface area contributed by atoms with Crippen LogP contribution in [-0.4, -0.2) is 37.1 Å². The van der Waals surface area contributed by atoms with E-state index in [9.17, 15) is 4.79 Å². The van der Waals surface area contributed by atoms with Crippen molar-refractivity contribution in [1.82, 2.24) is 4.90 Å². The Morgan fingerprint density at radius 3 is 2.17 bits per heavy atom. The lowest BCUT2D eigenvalue weighted by Gasteiger charge is -2.25. The Balaban J connectivity index is 3.90. The van der Waals surface area contributed by atoms with Gasteiger partial charge in [0.25, 0.3) is 0 Å². The van der Waals surface area contributed by atoms with E-state index < -0.39 is 0 Å². The van der Waals surface area contributed by atoms with Crippen LogP contribution in [0, 0.1) is 5.92 Å². The van der Waals surface area contributed by atoms with Gasteiger partial charge in [-0.3, -0.25) is 4.79 Å². The van der Waals surface area contributed by atoms with Crippen LogP contribution in [0.25, 0.3) is 0 Å².